The van der Waals surface area contributed by atoms with Crippen LogP contribution in [0.5, 0.6) is 0 Å². The fraction of sp³-hybridized carbons (Fsp3) is 0. The molecule has 4 rings (SSSR count). The molecule has 0 aliphatic rings. The van der Waals surface area contributed by atoms with Gasteiger partial charge in [-0.3, -0.25) is 0 Å². The molecule has 0 aliphatic carbocycles. The maximum absolute atomic E-state index is 6.04. The molecule has 0 atom stereocenters. The number of aromatic amines is 1. The van der Waals surface area contributed by atoms with Crippen molar-refractivity contribution in [3.05, 3.63) is 88.4 Å². The van der Waals surface area contributed by atoms with E-state index in [0.717, 1.165) is 43.4 Å². The van der Waals surface area contributed by atoms with Gasteiger partial charge in [-0.25, -0.2) is 4.98 Å². The van der Waals surface area contributed by atoms with E-state index in [1.807, 2.05) is 66.7 Å². The summed E-state index contributed by atoms with van der Waals surface area (Å²) in [5.74, 6) is 0.844. The predicted molar refractivity (Wildman–Crippen MR) is 108 cm³/mol. The first-order valence-corrected chi connectivity index (χ1v) is 9.05. The number of H-pyrrole nitrogens is 1. The van der Waals surface area contributed by atoms with Crippen molar-refractivity contribution in [1.29, 1.82) is 0 Å². The van der Waals surface area contributed by atoms with Gasteiger partial charge in [-0.2, -0.15) is 0 Å². The Morgan fingerprint density at radius 2 is 1.36 bits per heavy atom. The number of rotatable bonds is 3. The van der Waals surface area contributed by atoms with Crippen LogP contribution in [0, 0.1) is 0 Å². The van der Waals surface area contributed by atoms with E-state index in [4.69, 9.17) is 16.6 Å². The fourth-order valence-corrected chi connectivity index (χ4v) is 3.14. The molecule has 122 valence electrons. The van der Waals surface area contributed by atoms with Gasteiger partial charge in [0.25, 0.3) is 0 Å². The van der Waals surface area contributed by atoms with Crippen LogP contribution in [0.4, 0.5) is 0 Å². The molecule has 0 saturated carbocycles. The van der Waals surface area contributed by atoms with Gasteiger partial charge < -0.3 is 4.98 Å². The van der Waals surface area contributed by atoms with E-state index in [0.29, 0.717) is 0 Å². The number of benzene rings is 3. The molecule has 0 bridgehead atoms. The van der Waals surface area contributed by atoms with E-state index in [2.05, 4.69) is 33.0 Å². The molecule has 25 heavy (non-hydrogen) atoms. The number of hydrogen-bond acceptors (Lipinski definition) is 1. The fourth-order valence-electron chi connectivity index (χ4n) is 2.75. The summed E-state index contributed by atoms with van der Waals surface area (Å²) in [5.41, 5.74) is 5.09. The first-order valence-electron chi connectivity index (χ1n) is 7.88. The summed E-state index contributed by atoms with van der Waals surface area (Å²) < 4.78 is 1.05. The highest BCUT2D eigenvalue weighted by Crippen LogP contribution is 2.33. The van der Waals surface area contributed by atoms with E-state index < -0.39 is 0 Å². The van der Waals surface area contributed by atoms with Crippen molar-refractivity contribution in [3.63, 3.8) is 0 Å². The summed E-state index contributed by atoms with van der Waals surface area (Å²) in [6.07, 6.45) is 0. The highest BCUT2D eigenvalue weighted by Gasteiger charge is 2.15. The number of hydrogen-bond donors (Lipinski definition) is 1. The van der Waals surface area contributed by atoms with Crippen molar-refractivity contribution in [2.45, 2.75) is 0 Å². The predicted octanol–water partition coefficient (Wildman–Crippen LogP) is 6.83. The van der Waals surface area contributed by atoms with Gasteiger partial charge in [0.15, 0.2) is 0 Å². The van der Waals surface area contributed by atoms with Crippen LogP contribution in [0.15, 0.2) is 83.3 Å². The molecule has 2 nitrogen and oxygen atoms in total. The third-order valence-electron chi connectivity index (χ3n) is 4.00. The molecular weight excluding hydrogens is 396 g/mol. The van der Waals surface area contributed by atoms with Crippen LogP contribution in [-0.4, -0.2) is 9.97 Å². The van der Waals surface area contributed by atoms with Crippen LogP contribution in [0.3, 0.4) is 0 Å². The van der Waals surface area contributed by atoms with E-state index in [-0.39, 0.29) is 0 Å². The SMILES string of the molecule is Clc1ccc(-c2[nH]c(-c3ccc(Br)cc3)nc2-c2ccccc2)cc1. The maximum Gasteiger partial charge on any atom is 0.138 e. The van der Waals surface area contributed by atoms with Gasteiger partial charge in [0, 0.05) is 26.2 Å². The molecule has 0 spiro atoms. The van der Waals surface area contributed by atoms with Gasteiger partial charge in [-0.15, -0.1) is 0 Å². The summed E-state index contributed by atoms with van der Waals surface area (Å²) >= 11 is 9.52. The summed E-state index contributed by atoms with van der Waals surface area (Å²) in [6, 6.07) is 26.1. The summed E-state index contributed by atoms with van der Waals surface area (Å²) in [4.78, 5) is 8.36. The van der Waals surface area contributed by atoms with Crippen LogP contribution in [0.2, 0.25) is 5.02 Å². The van der Waals surface area contributed by atoms with Gasteiger partial charge in [0.1, 0.15) is 5.82 Å². The Morgan fingerprint density at radius 1 is 0.720 bits per heavy atom. The van der Waals surface area contributed by atoms with E-state index in [9.17, 15) is 0 Å². The van der Waals surface area contributed by atoms with E-state index in [1.54, 1.807) is 0 Å². The van der Waals surface area contributed by atoms with Crippen LogP contribution >= 0.6 is 27.5 Å². The Labute approximate surface area is 159 Å². The molecular formula is C21H14BrClN2. The first kappa shape index (κ1) is 16.1. The van der Waals surface area contributed by atoms with Crippen LogP contribution < -0.4 is 0 Å². The second kappa shape index (κ2) is 6.87. The van der Waals surface area contributed by atoms with E-state index in [1.165, 1.54) is 0 Å². The zero-order chi connectivity index (χ0) is 17.2. The lowest BCUT2D eigenvalue weighted by atomic mass is 10.1. The monoisotopic (exact) mass is 408 g/mol. The minimum Gasteiger partial charge on any atom is -0.337 e. The minimum absolute atomic E-state index is 0.720. The Balaban J connectivity index is 1.89. The average Bonchev–Trinajstić information content (AvgIpc) is 3.09. The Morgan fingerprint density at radius 3 is 2.04 bits per heavy atom. The topological polar surface area (TPSA) is 28.7 Å². The first-order chi connectivity index (χ1) is 12.2. The molecule has 0 fully saturated rings. The zero-order valence-corrected chi connectivity index (χ0v) is 15.6. The lowest BCUT2D eigenvalue weighted by Crippen LogP contribution is -1.83. The molecule has 4 aromatic rings. The van der Waals surface area contributed by atoms with Crippen molar-refractivity contribution in [1.82, 2.24) is 9.97 Å². The summed E-state index contributed by atoms with van der Waals surface area (Å²) in [5, 5.41) is 0.720. The van der Waals surface area contributed by atoms with Crippen LogP contribution in [-0.2, 0) is 0 Å². The van der Waals surface area contributed by atoms with Crippen molar-refractivity contribution in [2.24, 2.45) is 0 Å². The minimum atomic E-state index is 0.720. The molecule has 4 heteroatoms. The second-order valence-corrected chi connectivity index (χ2v) is 7.04. The molecule has 1 aromatic heterocycles. The highest BCUT2D eigenvalue weighted by atomic mass is 79.9. The van der Waals surface area contributed by atoms with Gasteiger partial charge >= 0.3 is 0 Å². The normalized spacial score (nSPS) is 10.8. The lowest BCUT2D eigenvalue weighted by Gasteiger charge is -2.03. The molecule has 0 radical (unpaired) electrons. The van der Waals surface area contributed by atoms with Crippen molar-refractivity contribution < 1.29 is 0 Å². The lowest BCUT2D eigenvalue weighted by molar-refractivity contribution is 1.31. The zero-order valence-electron chi connectivity index (χ0n) is 13.2. The molecule has 3 aromatic carbocycles. The number of nitrogens with one attached hydrogen (secondary N) is 1. The van der Waals surface area contributed by atoms with Crippen LogP contribution in [0.25, 0.3) is 33.9 Å². The largest absolute Gasteiger partial charge is 0.337 e. The summed E-state index contributed by atoms with van der Waals surface area (Å²) in [6.45, 7) is 0. The van der Waals surface area contributed by atoms with E-state index >= 15 is 0 Å². The number of halogens is 2. The molecule has 1 heterocycles. The third-order valence-corrected chi connectivity index (χ3v) is 4.78. The maximum atomic E-state index is 6.04. The highest BCUT2D eigenvalue weighted by molar-refractivity contribution is 9.10. The molecule has 0 saturated heterocycles. The van der Waals surface area contributed by atoms with Gasteiger partial charge in [-0.05, 0) is 24.3 Å². The standard InChI is InChI=1S/C21H14BrClN2/c22-17-10-6-16(7-11-17)21-24-19(14-4-2-1-3-5-14)20(25-21)15-8-12-18(23)13-9-15/h1-13H,(H,24,25). The third kappa shape index (κ3) is 3.39. The quantitative estimate of drug-likeness (QED) is 0.395. The van der Waals surface area contributed by atoms with Crippen molar-refractivity contribution >= 4 is 27.5 Å². The van der Waals surface area contributed by atoms with Gasteiger partial charge in [0.2, 0.25) is 0 Å². The number of aromatic nitrogens is 2. The Bertz CT molecular complexity index is 991. The number of imidazole rings is 1. The molecule has 0 aliphatic heterocycles. The summed E-state index contributed by atoms with van der Waals surface area (Å²) in [7, 11) is 0. The molecule has 0 unspecified atom stereocenters. The van der Waals surface area contributed by atoms with Crippen molar-refractivity contribution in [3.8, 4) is 33.9 Å². The average molecular weight is 410 g/mol. The number of nitrogens with zero attached hydrogens (tertiary/aromatic N) is 1. The molecule has 1 N–H and O–H groups in total. The van der Waals surface area contributed by atoms with Crippen molar-refractivity contribution in [2.75, 3.05) is 0 Å². The molecule has 0 amide bonds. The Hall–Kier alpha value is -2.36. The Kier molecular flexibility index (Phi) is 4.43. The second-order valence-electron chi connectivity index (χ2n) is 5.69. The van der Waals surface area contributed by atoms with Crippen LogP contribution in [0.1, 0.15) is 0 Å². The smallest absolute Gasteiger partial charge is 0.138 e. The van der Waals surface area contributed by atoms with Gasteiger partial charge in [0.05, 0.1) is 11.4 Å². The van der Waals surface area contributed by atoms with Gasteiger partial charge in [-0.1, -0.05) is 82.1 Å².